The van der Waals surface area contributed by atoms with Crippen molar-refractivity contribution in [2.24, 2.45) is 7.05 Å². The number of fused-ring (bicyclic) bond motifs is 2. The van der Waals surface area contributed by atoms with Gasteiger partial charge in [0.05, 0.1) is 32.8 Å². The predicted molar refractivity (Wildman–Crippen MR) is 101 cm³/mol. The van der Waals surface area contributed by atoms with E-state index in [9.17, 15) is 9.59 Å². The van der Waals surface area contributed by atoms with Gasteiger partial charge in [-0.15, -0.1) is 0 Å². The van der Waals surface area contributed by atoms with Gasteiger partial charge in [0.1, 0.15) is 12.1 Å². The number of hydrogen-bond donors (Lipinski definition) is 1. The van der Waals surface area contributed by atoms with Gasteiger partial charge in [-0.3, -0.25) is 9.36 Å². The summed E-state index contributed by atoms with van der Waals surface area (Å²) in [6, 6.07) is 3.36. The molecule has 26 heavy (non-hydrogen) atoms. The van der Waals surface area contributed by atoms with E-state index in [1.807, 2.05) is 0 Å². The van der Waals surface area contributed by atoms with E-state index in [1.54, 1.807) is 23.7 Å². The summed E-state index contributed by atoms with van der Waals surface area (Å²) in [7, 11) is 1.58. The monoisotopic (exact) mass is 408 g/mol. The maximum atomic E-state index is 12.4. The van der Waals surface area contributed by atoms with Crippen LogP contribution in [0.15, 0.2) is 29.5 Å². The second-order valence-electron chi connectivity index (χ2n) is 5.48. The summed E-state index contributed by atoms with van der Waals surface area (Å²) in [6.07, 6.45) is 2.89. The van der Waals surface area contributed by atoms with E-state index in [2.05, 4.69) is 20.3 Å². The van der Waals surface area contributed by atoms with Crippen LogP contribution in [0.25, 0.3) is 21.4 Å². The number of nitrogens with zero attached hydrogens (tertiary/aromatic N) is 5. The standard InChI is InChI=1S/C15H10Cl2N6O2S/c1-22-13-10(4-18-15(22)25)23(6-19-13)5-12(24)21-14-20-9-2-7(16)8(17)3-11(9)26-14/h2-4,6H,5H2,1H3,(H,20,21,24). The molecule has 1 aromatic carbocycles. The van der Waals surface area contributed by atoms with E-state index in [0.717, 1.165) is 4.70 Å². The highest BCUT2D eigenvalue weighted by Crippen LogP contribution is 2.32. The summed E-state index contributed by atoms with van der Waals surface area (Å²) in [5.74, 6) is -0.283. The zero-order valence-electron chi connectivity index (χ0n) is 13.2. The smallest absolute Gasteiger partial charge is 0.318 e. The number of anilines is 1. The number of thiazole rings is 1. The van der Waals surface area contributed by atoms with Crippen molar-refractivity contribution in [3.63, 3.8) is 0 Å². The predicted octanol–water partition coefficient (Wildman–Crippen LogP) is 2.69. The Labute approximate surface area is 160 Å². The zero-order valence-corrected chi connectivity index (χ0v) is 15.6. The molecule has 1 N–H and O–H groups in total. The molecule has 0 aliphatic carbocycles. The van der Waals surface area contributed by atoms with Crippen molar-refractivity contribution in [1.82, 2.24) is 24.1 Å². The van der Waals surface area contributed by atoms with E-state index in [0.29, 0.717) is 31.9 Å². The first-order chi connectivity index (χ1) is 12.4. The van der Waals surface area contributed by atoms with Crippen molar-refractivity contribution < 1.29 is 4.79 Å². The number of amides is 1. The summed E-state index contributed by atoms with van der Waals surface area (Å²) >= 11 is 13.3. The summed E-state index contributed by atoms with van der Waals surface area (Å²) < 4.78 is 3.75. The van der Waals surface area contributed by atoms with E-state index in [1.165, 1.54) is 28.4 Å². The Morgan fingerprint density at radius 3 is 2.85 bits per heavy atom. The molecule has 0 saturated heterocycles. The van der Waals surface area contributed by atoms with Crippen LogP contribution in [-0.4, -0.2) is 30.0 Å². The number of imidazole rings is 1. The summed E-state index contributed by atoms with van der Waals surface area (Å²) in [4.78, 5) is 36.1. The molecule has 0 aliphatic heterocycles. The van der Waals surface area contributed by atoms with E-state index >= 15 is 0 Å². The molecule has 132 valence electrons. The molecule has 0 atom stereocenters. The normalized spacial score (nSPS) is 11.3. The first kappa shape index (κ1) is 17.0. The number of halogens is 2. The molecule has 3 heterocycles. The Bertz CT molecular complexity index is 1190. The van der Waals surface area contributed by atoms with Gasteiger partial charge in [-0.25, -0.2) is 14.8 Å². The van der Waals surface area contributed by atoms with Crippen molar-refractivity contribution in [1.29, 1.82) is 0 Å². The Morgan fingerprint density at radius 1 is 1.27 bits per heavy atom. The van der Waals surface area contributed by atoms with Crippen molar-refractivity contribution in [2.75, 3.05) is 5.32 Å². The van der Waals surface area contributed by atoms with E-state index in [4.69, 9.17) is 23.2 Å². The van der Waals surface area contributed by atoms with Gasteiger partial charge in [-0.05, 0) is 12.1 Å². The lowest BCUT2D eigenvalue weighted by Crippen LogP contribution is -2.21. The average molecular weight is 409 g/mol. The lowest BCUT2D eigenvalue weighted by atomic mass is 10.3. The second-order valence-corrected chi connectivity index (χ2v) is 7.33. The van der Waals surface area contributed by atoms with Gasteiger partial charge >= 0.3 is 5.69 Å². The molecule has 11 heteroatoms. The highest BCUT2D eigenvalue weighted by molar-refractivity contribution is 7.22. The molecule has 1 amide bonds. The van der Waals surface area contributed by atoms with Gasteiger partial charge in [-0.2, -0.15) is 4.98 Å². The zero-order chi connectivity index (χ0) is 18.4. The number of carbonyl (C=O) groups excluding carboxylic acids is 1. The van der Waals surface area contributed by atoms with Gasteiger partial charge in [0.15, 0.2) is 10.8 Å². The van der Waals surface area contributed by atoms with Gasteiger partial charge in [0.25, 0.3) is 0 Å². The fourth-order valence-electron chi connectivity index (χ4n) is 2.48. The van der Waals surface area contributed by atoms with Crippen molar-refractivity contribution in [2.45, 2.75) is 6.54 Å². The number of aromatic nitrogens is 5. The molecule has 0 spiro atoms. The van der Waals surface area contributed by atoms with Crippen LogP contribution in [-0.2, 0) is 18.4 Å². The Balaban J connectivity index is 1.58. The Kier molecular flexibility index (Phi) is 4.14. The summed E-state index contributed by atoms with van der Waals surface area (Å²) in [5, 5.41) is 4.03. The van der Waals surface area contributed by atoms with Crippen LogP contribution in [0.2, 0.25) is 10.0 Å². The Morgan fingerprint density at radius 2 is 2.04 bits per heavy atom. The number of hydrogen-bond acceptors (Lipinski definition) is 6. The number of nitrogens with one attached hydrogen (secondary N) is 1. The lowest BCUT2D eigenvalue weighted by Gasteiger charge is -2.04. The fraction of sp³-hybridized carbons (Fsp3) is 0.133. The lowest BCUT2D eigenvalue weighted by molar-refractivity contribution is -0.116. The minimum absolute atomic E-state index is 0.00776. The Hall–Kier alpha value is -2.49. The van der Waals surface area contributed by atoms with E-state index in [-0.39, 0.29) is 12.5 Å². The molecule has 0 aliphatic rings. The minimum atomic E-state index is -0.404. The molecule has 8 nitrogen and oxygen atoms in total. The molecular weight excluding hydrogens is 399 g/mol. The van der Waals surface area contributed by atoms with Crippen LogP contribution in [0.5, 0.6) is 0 Å². The van der Waals surface area contributed by atoms with Crippen LogP contribution in [0.1, 0.15) is 0 Å². The van der Waals surface area contributed by atoms with Crippen LogP contribution in [0.3, 0.4) is 0 Å². The quantitative estimate of drug-likeness (QED) is 0.562. The molecule has 0 fully saturated rings. The van der Waals surface area contributed by atoms with Crippen molar-refractivity contribution >= 4 is 67.0 Å². The third-order valence-corrected chi connectivity index (χ3v) is 5.41. The molecule has 3 aromatic heterocycles. The topological polar surface area (TPSA) is 94.7 Å². The molecular formula is C15H10Cl2N6O2S. The number of rotatable bonds is 3. The van der Waals surface area contributed by atoms with Gasteiger partial charge in [0, 0.05) is 7.05 Å². The summed E-state index contributed by atoms with van der Waals surface area (Å²) in [6.45, 7) is 0.00776. The molecule has 4 rings (SSSR count). The fourth-order valence-corrected chi connectivity index (χ4v) is 3.77. The second kappa shape index (κ2) is 6.35. The van der Waals surface area contributed by atoms with Crippen LogP contribution in [0, 0.1) is 0 Å². The van der Waals surface area contributed by atoms with Gasteiger partial charge < -0.3 is 9.88 Å². The first-order valence-corrected chi connectivity index (χ1v) is 8.92. The van der Waals surface area contributed by atoms with Crippen LogP contribution < -0.4 is 11.0 Å². The highest BCUT2D eigenvalue weighted by atomic mass is 35.5. The molecule has 0 bridgehead atoms. The molecule has 0 saturated carbocycles. The van der Waals surface area contributed by atoms with Crippen LogP contribution >= 0.6 is 34.5 Å². The van der Waals surface area contributed by atoms with Crippen molar-refractivity contribution in [3.8, 4) is 0 Å². The summed E-state index contributed by atoms with van der Waals surface area (Å²) in [5.41, 5.74) is 1.30. The maximum Gasteiger partial charge on any atom is 0.349 e. The van der Waals surface area contributed by atoms with Crippen LogP contribution in [0.4, 0.5) is 5.13 Å². The van der Waals surface area contributed by atoms with Gasteiger partial charge in [-0.1, -0.05) is 34.5 Å². The minimum Gasteiger partial charge on any atom is -0.318 e. The SMILES string of the molecule is Cn1c(=O)ncc2c1ncn2CC(=O)Nc1nc2cc(Cl)c(Cl)cc2s1. The third-order valence-electron chi connectivity index (χ3n) is 3.75. The first-order valence-electron chi connectivity index (χ1n) is 7.34. The van der Waals surface area contributed by atoms with E-state index < -0.39 is 5.69 Å². The van der Waals surface area contributed by atoms with Gasteiger partial charge in [0.2, 0.25) is 5.91 Å². The molecule has 0 radical (unpaired) electrons. The highest BCUT2D eigenvalue weighted by Gasteiger charge is 2.13. The maximum absolute atomic E-state index is 12.4. The third kappa shape index (κ3) is 2.94. The molecule has 0 unspecified atom stereocenters. The number of aryl methyl sites for hydroxylation is 1. The van der Waals surface area contributed by atoms with Crippen molar-refractivity contribution in [3.05, 3.63) is 45.2 Å². The largest absolute Gasteiger partial charge is 0.349 e. The molecule has 4 aromatic rings. The average Bonchev–Trinajstić information content (AvgIpc) is 3.15. The number of benzene rings is 1. The number of carbonyl (C=O) groups is 1.